The number of halogens is 2. The Labute approximate surface area is 46.4 Å². The molecule has 0 spiro atoms. The van der Waals surface area contributed by atoms with Crippen LogP contribution in [0.15, 0.2) is 4.99 Å². The normalized spacial score (nSPS) is 14.2. The van der Waals surface area contributed by atoms with Crippen molar-refractivity contribution in [2.24, 2.45) is 10.7 Å². The lowest BCUT2D eigenvalue weighted by molar-refractivity contribution is 0.0988. The van der Waals surface area contributed by atoms with E-state index in [1.54, 1.807) is 0 Å². The van der Waals surface area contributed by atoms with Crippen molar-refractivity contribution in [1.82, 2.24) is 0 Å². The monoisotopic (exact) mass is 122 g/mol. The highest BCUT2D eigenvalue weighted by Gasteiger charge is 2.25. The standard InChI is InChI=1S/C4H8F2N2/c1-4(5,6)3(7)8-2/h1-2H3,(H2,7,8). The lowest BCUT2D eigenvalue weighted by Gasteiger charge is -2.06. The number of hydrogen-bond acceptors (Lipinski definition) is 1. The zero-order chi connectivity index (χ0) is 6.78. The Hall–Kier alpha value is -0.670. The summed E-state index contributed by atoms with van der Waals surface area (Å²) in [5, 5.41) is 0. The highest BCUT2D eigenvalue weighted by atomic mass is 19.3. The van der Waals surface area contributed by atoms with Crippen LogP contribution in [0.1, 0.15) is 6.92 Å². The molecule has 8 heavy (non-hydrogen) atoms. The van der Waals surface area contributed by atoms with Crippen LogP contribution in [0, 0.1) is 0 Å². The molecule has 0 aliphatic carbocycles. The number of amidine groups is 1. The first-order chi connectivity index (χ1) is 3.48. The molecule has 0 atom stereocenters. The quantitative estimate of drug-likeness (QED) is 0.402. The summed E-state index contributed by atoms with van der Waals surface area (Å²) in [5.74, 6) is -3.59. The predicted molar refractivity (Wildman–Crippen MR) is 28.2 cm³/mol. The molecule has 0 saturated heterocycles. The van der Waals surface area contributed by atoms with Crippen LogP contribution >= 0.6 is 0 Å². The minimum atomic E-state index is -2.96. The van der Waals surface area contributed by atoms with Crippen LogP contribution in [0.5, 0.6) is 0 Å². The van der Waals surface area contributed by atoms with Crippen LogP contribution in [0.2, 0.25) is 0 Å². The maximum absolute atomic E-state index is 11.9. The van der Waals surface area contributed by atoms with E-state index < -0.39 is 11.8 Å². The zero-order valence-electron chi connectivity index (χ0n) is 4.78. The van der Waals surface area contributed by atoms with Gasteiger partial charge >= 0.3 is 5.92 Å². The van der Waals surface area contributed by atoms with Gasteiger partial charge in [0.15, 0.2) is 5.84 Å². The number of nitrogens with zero attached hydrogens (tertiary/aromatic N) is 1. The van der Waals surface area contributed by atoms with E-state index in [2.05, 4.69) is 4.99 Å². The molecule has 0 aliphatic rings. The van der Waals surface area contributed by atoms with E-state index in [9.17, 15) is 8.78 Å². The topological polar surface area (TPSA) is 38.4 Å². The van der Waals surface area contributed by atoms with Crippen molar-refractivity contribution >= 4 is 5.84 Å². The summed E-state index contributed by atoms with van der Waals surface area (Å²) < 4.78 is 23.7. The van der Waals surface area contributed by atoms with Gasteiger partial charge in [-0.15, -0.1) is 0 Å². The first-order valence-corrected chi connectivity index (χ1v) is 2.09. The second-order valence-electron chi connectivity index (χ2n) is 1.50. The molecule has 0 aliphatic heterocycles. The molecule has 0 saturated carbocycles. The van der Waals surface area contributed by atoms with Gasteiger partial charge in [0.2, 0.25) is 0 Å². The van der Waals surface area contributed by atoms with E-state index in [1.807, 2.05) is 0 Å². The summed E-state index contributed by atoms with van der Waals surface area (Å²) in [7, 11) is 1.23. The average Bonchev–Trinajstić information content (AvgIpc) is 1.62. The molecule has 0 amide bonds. The molecule has 0 fully saturated rings. The van der Waals surface area contributed by atoms with Gasteiger partial charge in [-0.1, -0.05) is 0 Å². The molecular formula is C4H8F2N2. The third kappa shape index (κ3) is 1.86. The van der Waals surface area contributed by atoms with Gasteiger partial charge in [-0.25, -0.2) is 0 Å². The van der Waals surface area contributed by atoms with Crippen LogP contribution in [-0.2, 0) is 0 Å². The van der Waals surface area contributed by atoms with Crippen molar-refractivity contribution < 1.29 is 8.78 Å². The summed E-state index contributed by atoms with van der Waals surface area (Å²) in [5.41, 5.74) is 4.75. The van der Waals surface area contributed by atoms with Crippen molar-refractivity contribution in [3.63, 3.8) is 0 Å². The first-order valence-electron chi connectivity index (χ1n) is 2.09. The lowest BCUT2D eigenvalue weighted by atomic mass is 10.4. The molecule has 0 radical (unpaired) electrons. The van der Waals surface area contributed by atoms with Gasteiger partial charge in [0.25, 0.3) is 0 Å². The molecule has 0 aromatic heterocycles. The molecule has 0 unspecified atom stereocenters. The highest BCUT2D eigenvalue weighted by molar-refractivity contribution is 5.86. The Kier molecular flexibility index (Phi) is 1.89. The summed E-state index contributed by atoms with van der Waals surface area (Å²) in [6.07, 6.45) is 0. The fourth-order valence-electron chi connectivity index (χ4n) is 0.196. The number of alkyl halides is 2. The van der Waals surface area contributed by atoms with Crippen molar-refractivity contribution in [2.45, 2.75) is 12.8 Å². The van der Waals surface area contributed by atoms with E-state index in [0.29, 0.717) is 6.92 Å². The molecular weight excluding hydrogens is 114 g/mol. The van der Waals surface area contributed by atoms with E-state index in [0.717, 1.165) is 0 Å². The number of aliphatic imine (C=N–C) groups is 1. The molecule has 0 heterocycles. The SMILES string of the molecule is CN=C(N)C(C)(F)F. The van der Waals surface area contributed by atoms with Gasteiger partial charge in [-0.3, -0.25) is 4.99 Å². The van der Waals surface area contributed by atoms with E-state index in [1.165, 1.54) is 7.05 Å². The molecule has 4 heteroatoms. The minimum Gasteiger partial charge on any atom is -0.382 e. The molecule has 48 valence electrons. The molecule has 0 rings (SSSR count). The number of nitrogens with two attached hydrogens (primary N) is 1. The van der Waals surface area contributed by atoms with Gasteiger partial charge in [-0.2, -0.15) is 8.78 Å². The van der Waals surface area contributed by atoms with Crippen LogP contribution < -0.4 is 5.73 Å². The summed E-state index contributed by atoms with van der Waals surface area (Å²) in [4.78, 5) is 3.10. The summed E-state index contributed by atoms with van der Waals surface area (Å²) >= 11 is 0. The van der Waals surface area contributed by atoms with Crippen molar-refractivity contribution in [3.05, 3.63) is 0 Å². The van der Waals surface area contributed by atoms with Gasteiger partial charge in [-0.05, 0) is 0 Å². The smallest absolute Gasteiger partial charge is 0.301 e. The molecule has 0 aromatic carbocycles. The second kappa shape index (κ2) is 2.07. The van der Waals surface area contributed by atoms with E-state index >= 15 is 0 Å². The Morgan fingerprint density at radius 2 is 2.00 bits per heavy atom. The second-order valence-corrected chi connectivity index (χ2v) is 1.50. The highest BCUT2D eigenvalue weighted by Crippen LogP contribution is 2.09. The van der Waals surface area contributed by atoms with Gasteiger partial charge in [0.1, 0.15) is 0 Å². The molecule has 2 nitrogen and oxygen atoms in total. The first kappa shape index (κ1) is 7.33. The summed E-state index contributed by atoms with van der Waals surface area (Å²) in [6.45, 7) is 0.704. The Balaban J connectivity index is 4.03. The minimum absolute atomic E-state index is 0.627. The Bertz CT molecular complexity index is 103. The maximum Gasteiger partial charge on any atom is 0.301 e. The third-order valence-electron chi connectivity index (χ3n) is 0.691. The van der Waals surface area contributed by atoms with Gasteiger partial charge < -0.3 is 5.73 Å². The largest absolute Gasteiger partial charge is 0.382 e. The fraction of sp³-hybridized carbons (Fsp3) is 0.750. The third-order valence-corrected chi connectivity index (χ3v) is 0.691. The number of rotatable bonds is 1. The maximum atomic E-state index is 11.9. The van der Waals surface area contributed by atoms with E-state index in [4.69, 9.17) is 5.73 Å². The van der Waals surface area contributed by atoms with Crippen molar-refractivity contribution in [2.75, 3.05) is 7.05 Å². The molecule has 0 bridgehead atoms. The number of hydrogen-bond donors (Lipinski definition) is 1. The van der Waals surface area contributed by atoms with Crippen LogP contribution in [0.4, 0.5) is 8.78 Å². The van der Waals surface area contributed by atoms with Crippen LogP contribution in [0.3, 0.4) is 0 Å². The fourth-order valence-corrected chi connectivity index (χ4v) is 0.196. The van der Waals surface area contributed by atoms with Crippen molar-refractivity contribution in [3.8, 4) is 0 Å². The van der Waals surface area contributed by atoms with Crippen LogP contribution in [-0.4, -0.2) is 18.8 Å². The Morgan fingerprint density at radius 1 is 1.62 bits per heavy atom. The van der Waals surface area contributed by atoms with Crippen LogP contribution in [0.25, 0.3) is 0 Å². The predicted octanol–water partition coefficient (Wildman–Crippen LogP) is 0.629. The Morgan fingerprint density at radius 3 is 2.00 bits per heavy atom. The van der Waals surface area contributed by atoms with E-state index in [-0.39, 0.29) is 0 Å². The van der Waals surface area contributed by atoms with Gasteiger partial charge in [0, 0.05) is 14.0 Å². The van der Waals surface area contributed by atoms with Crippen molar-refractivity contribution in [1.29, 1.82) is 0 Å². The van der Waals surface area contributed by atoms with Gasteiger partial charge in [0.05, 0.1) is 0 Å². The zero-order valence-corrected chi connectivity index (χ0v) is 4.78. The summed E-state index contributed by atoms with van der Waals surface area (Å²) in [6, 6.07) is 0. The molecule has 2 N–H and O–H groups in total. The average molecular weight is 122 g/mol. The molecule has 0 aromatic rings. The lowest BCUT2D eigenvalue weighted by Crippen LogP contribution is -2.32.